The van der Waals surface area contributed by atoms with Crippen LogP contribution in [0.1, 0.15) is 62.4 Å². The highest BCUT2D eigenvalue weighted by Crippen LogP contribution is 2.38. The van der Waals surface area contributed by atoms with Crippen molar-refractivity contribution >= 4 is 27.9 Å². The Labute approximate surface area is 175 Å². The van der Waals surface area contributed by atoms with Crippen LogP contribution in [-0.2, 0) is 11.3 Å². The minimum Gasteiger partial charge on any atom is -0.444 e. The van der Waals surface area contributed by atoms with Crippen LogP contribution in [0.3, 0.4) is 0 Å². The van der Waals surface area contributed by atoms with E-state index in [9.17, 15) is 14.7 Å². The molecule has 7 heteroatoms. The SMILES string of the molecule is CN(C(=O)c1ccc(Br)c(CO)c1)C1CC2CCC(C1)N2C(=O)OC(C)(C)C. The molecule has 0 saturated carbocycles. The van der Waals surface area contributed by atoms with Gasteiger partial charge in [-0.15, -0.1) is 0 Å². The zero-order chi connectivity index (χ0) is 20.6. The molecule has 2 heterocycles. The molecule has 6 nitrogen and oxygen atoms in total. The van der Waals surface area contributed by atoms with E-state index in [0.29, 0.717) is 11.1 Å². The van der Waals surface area contributed by atoms with Gasteiger partial charge in [0.25, 0.3) is 5.91 Å². The summed E-state index contributed by atoms with van der Waals surface area (Å²) in [6, 6.07) is 5.62. The first-order valence-electron chi connectivity index (χ1n) is 9.78. The summed E-state index contributed by atoms with van der Waals surface area (Å²) in [5.41, 5.74) is 0.752. The van der Waals surface area contributed by atoms with E-state index in [-0.39, 0.29) is 36.7 Å². The molecule has 1 aromatic carbocycles. The summed E-state index contributed by atoms with van der Waals surface area (Å²) < 4.78 is 6.38. The van der Waals surface area contributed by atoms with Crippen molar-refractivity contribution in [3.8, 4) is 0 Å². The zero-order valence-corrected chi connectivity index (χ0v) is 18.5. The average Bonchev–Trinajstić information content (AvgIpc) is 2.89. The lowest BCUT2D eigenvalue weighted by molar-refractivity contribution is -0.00111. The number of rotatable bonds is 3. The average molecular weight is 453 g/mol. The van der Waals surface area contributed by atoms with Crippen LogP contribution in [-0.4, -0.2) is 57.7 Å². The topological polar surface area (TPSA) is 70.1 Å². The summed E-state index contributed by atoms with van der Waals surface area (Å²) in [6.07, 6.45) is 3.20. The van der Waals surface area contributed by atoms with Crippen LogP contribution in [0.5, 0.6) is 0 Å². The van der Waals surface area contributed by atoms with E-state index in [0.717, 1.165) is 30.2 Å². The van der Waals surface area contributed by atoms with Crippen LogP contribution < -0.4 is 0 Å². The number of carbonyl (C=O) groups excluding carboxylic acids is 2. The van der Waals surface area contributed by atoms with Gasteiger partial charge in [-0.1, -0.05) is 15.9 Å². The highest BCUT2D eigenvalue weighted by Gasteiger charge is 2.46. The Bertz CT molecular complexity index is 747. The number of hydrogen-bond donors (Lipinski definition) is 1. The fourth-order valence-electron chi connectivity index (χ4n) is 4.28. The number of nitrogens with zero attached hydrogens (tertiary/aromatic N) is 2. The summed E-state index contributed by atoms with van der Waals surface area (Å²) in [7, 11) is 1.83. The van der Waals surface area contributed by atoms with Crippen LogP contribution in [0, 0.1) is 0 Å². The third kappa shape index (κ3) is 4.35. The number of hydrogen-bond acceptors (Lipinski definition) is 4. The molecule has 2 aliphatic heterocycles. The van der Waals surface area contributed by atoms with Crippen molar-refractivity contribution < 1.29 is 19.4 Å². The normalized spacial score (nSPS) is 24.2. The number of piperidine rings is 1. The maximum absolute atomic E-state index is 13.0. The Hall–Kier alpha value is -1.60. The number of benzene rings is 1. The molecule has 0 spiro atoms. The molecule has 2 atom stereocenters. The van der Waals surface area contributed by atoms with Crippen LogP contribution in [0.15, 0.2) is 22.7 Å². The van der Waals surface area contributed by atoms with Gasteiger partial charge in [0.05, 0.1) is 6.61 Å². The molecule has 3 rings (SSSR count). The summed E-state index contributed by atoms with van der Waals surface area (Å²) in [5, 5.41) is 9.45. The predicted octanol–water partition coefficient (Wildman–Crippen LogP) is 3.94. The third-order valence-corrected chi connectivity index (χ3v) is 6.42. The van der Waals surface area contributed by atoms with Gasteiger partial charge in [-0.25, -0.2) is 4.79 Å². The Morgan fingerprint density at radius 2 is 1.86 bits per heavy atom. The van der Waals surface area contributed by atoms with Gasteiger partial charge in [0.15, 0.2) is 0 Å². The van der Waals surface area contributed by atoms with Crippen LogP contribution >= 0.6 is 15.9 Å². The smallest absolute Gasteiger partial charge is 0.410 e. The van der Waals surface area contributed by atoms with E-state index in [4.69, 9.17) is 4.74 Å². The molecule has 2 bridgehead atoms. The number of halogens is 1. The van der Waals surface area contributed by atoms with E-state index < -0.39 is 5.60 Å². The monoisotopic (exact) mass is 452 g/mol. The van der Waals surface area contributed by atoms with E-state index in [1.807, 2.05) is 32.7 Å². The standard InChI is InChI=1S/C21H29BrN2O4/c1-21(2,3)28-20(27)24-15-6-7-16(24)11-17(10-15)23(4)19(26)13-5-8-18(22)14(9-13)12-25/h5,8-9,15-17,25H,6-7,10-12H2,1-4H3. The van der Waals surface area contributed by atoms with Gasteiger partial charge in [-0.2, -0.15) is 0 Å². The number of aliphatic hydroxyl groups excluding tert-OH is 1. The largest absolute Gasteiger partial charge is 0.444 e. The van der Waals surface area contributed by atoms with Crippen molar-refractivity contribution in [3.05, 3.63) is 33.8 Å². The quantitative estimate of drug-likeness (QED) is 0.753. The first-order chi connectivity index (χ1) is 13.1. The van der Waals surface area contributed by atoms with Gasteiger partial charge in [0.1, 0.15) is 5.60 Å². The van der Waals surface area contributed by atoms with Crippen molar-refractivity contribution in [1.82, 2.24) is 9.80 Å². The van der Waals surface area contributed by atoms with Gasteiger partial charge in [-0.05, 0) is 70.2 Å². The zero-order valence-electron chi connectivity index (χ0n) is 16.9. The van der Waals surface area contributed by atoms with E-state index in [1.54, 1.807) is 23.1 Å². The van der Waals surface area contributed by atoms with E-state index in [1.165, 1.54) is 0 Å². The number of aliphatic hydroxyl groups is 1. The fraction of sp³-hybridized carbons (Fsp3) is 0.619. The lowest BCUT2D eigenvalue weighted by Gasteiger charge is -2.42. The van der Waals surface area contributed by atoms with Crippen LogP contribution in [0.4, 0.5) is 4.79 Å². The molecule has 28 heavy (non-hydrogen) atoms. The molecule has 2 amide bonds. The lowest BCUT2D eigenvalue weighted by atomic mass is 9.96. The number of amides is 2. The molecule has 2 aliphatic rings. The fourth-order valence-corrected chi connectivity index (χ4v) is 4.65. The molecule has 0 aliphatic carbocycles. The number of carbonyl (C=O) groups is 2. The maximum Gasteiger partial charge on any atom is 0.410 e. The van der Waals surface area contributed by atoms with Gasteiger partial charge in [-0.3, -0.25) is 4.79 Å². The third-order valence-electron chi connectivity index (χ3n) is 5.64. The van der Waals surface area contributed by atoms with Crippen molar-refractivity contribution in [1.29, 1.82) is 0 Å². The van der Waals surface area contributed by atoms with Crippen LogP contribution in [0.25, 0.3) is 0 Å². The minimum atomic E-state index is -0.508. The molecule has 1 N–H and O–H groups in total. The van der Waals surface area contributed by atoms with Gasteiger partial charge >= 0.3 is 6.09 Å². The van der Waals surface area contributed by atoms with Crippen LogP contribution in [0.2, 0.25) is 0 Å². The maximum atomic E-state index is 13.0. The number of fused-ring (bicyclic) bond motifs is 2. The molecular weight excluding hydrogens is 424 g/mol. The first-order valence-corrected chi connectivity index (χ1v) is 10.6. The molecule has 154 valence electrons. The summed E-state index contributed by atoms with van der Waals surface area (Å²) in [5.74, 6) is -0.0580. The summed E-state index contributed by atoms with van der Waals surface area (Å²) in [6.45, 7) is 5.52. The minimum absolute atomic E-state index is 0.0580. The Kier molecular flexibility index (Phi) is 6.05. The Balaban J connectivity index is 1.70. The highest BCUT2D eigenvalue weighted by atomic mass is 79.9. The molecule has 0 aromatic heterocycles. The van der Waals surface area contributed by atoms with E-state index >= 15 is 0 Å². The Morgan fingerprint density at radius 3 is 2.39 bits per heavy atom. The first kappa shape index (κ1) is 21.1. The van der Waals surface area contributed by atoms with Gasteiger partial charge in [0, 0.05) is 35.2 Å². The highest BCUT2D eigenvalue weighted by molar-refractivity contribution is 9.10. The van der Waals surface area contributed by atoms with Gasteiger partial charge in [0.2, 0.25) is 0 Å². The van der Waals surface area contributed by atoms with E-state index in [2.05, 4.69) is 15.9 Å². The number of ether oxygens (including phenoxy) is 1. The second kappa shape index (κ2) is 8.03. The van der Waals surface area contributed by atoms with Gasteiger partial charge < -0.3 is 19.6 Å². The lowest BCUT2D eigenvalue weighted by Crippen LogP contribution is -2.53. The Morgan fingerprint density at radius 1 is 1.25 bits per heavy atom. The van der Waals surface area contributed by atoms with Crippen molar-refractivity contribution in [3.63, 3.8) is 0 Å². The van der Waals surface area contributed by atoms with Crippen molar-refractivity contribution in [2.24, 2.45) is 0 Å². The molecule has 2 fully saturated rings. The molecule has 0 radical (unpaired) electrons. The molecule has 1 aromatic rings. The summed E-state index contributed by atoms with van der Waals surface area (Å²) in [4.78, 5) is 29.3. The second-order valence-electron chi connectivity index (χ2n) is 8.78. The van der Waals surface area contributed by atoms with Crippen molar-refractivity contribution in [2.75, 3.05) is 7.05 Å². The molecular formula is C21H29BrN2O4. The predicted molar refractivity (Wildman–Crippen MR) is 110 cm³/mol. The summed E-state index contributed by atoms with van der Waals surface area (Å²) >= 11 is 3.38. The van der Waals surface area contributed by atoms with Crippen molar-refractivity contribution in [2.45, 2.75) is 76.8 Å². The second-order valence-corrected chi connectivity index (χ2v) is 9.63. The molecule has 2 unspecified atom stereocenters. The molecule has 2 saturated heterocycles.